The molecule has 0 unspecified atom stereocenters. The van der Waals surface area contributed by atoms with Gasteiger partial charge in [0.2, 0.25) is 21.8 Å². The molecular weight excluding hydrogens is 474 g/mol. The van der Waals surface area contributed by atoms with E-state index in [2.05, 4.69) is 5.32 Å². The van der Waals surface area contributed by atoms with Gasteiger partial charge in [-0.15, -0.1) is 0 Å². The summed E-state index contributed by atoms with van der Waals surface area (Å²) in [6, 6.07) is 12.7. The van der Waals surface area contributed by atoms with E-state index < -0.39 is 21.6 Å². The second-order valence-electron chi connectivity index (χ2n) is 10.6. The van der Waals surface area contributed by atoms with Gasteiger partial charge in [0.15, 0.2) is 0 Å². The van der Waals surface area contributed by atoms with E-state index in [0.717, 1.165) is 22.3 Å². The van der Waals surface area contributed by atoms with Crippen LogP contribution >= 0.6 is 0 Å². The normalized spacial score (nSPS) is 12.7. The van der Waals surface area contributed by atoms with Crippen LogP contribution in [0, 0.1) is 20.8 Å². The van der Waals surface area contributed by atoms with E-state index >= 15 is 0 Å². The minimum Gasteiger partial charge on any atom is -0.350 e. The topological polar surface area (TPSA) is 86.8 Å². The molecule has 8 heteroatoms. The molecule has 0 bridgehead atoms. The molecule has 36 heavy (non-hydrogen) atoms. The average molecular weight is 516 g/mol. The summed E-state index contributed by atoms with van der Waals surface area (Å²) in [5, 5.41) is 2.95. The van der Waals surface area contributed by atoms with Gasteiger partial charge in [-0.25, -0.2) is 8.42 Å². The fraction of sp³-hybridized carbons (Fsp3) is 0.500. The van der Waals surface area contributed by atoms with Crippen LogP contribution in [-0.2, 0) is 26.2 Å². The van der Waals surface area contributed by atoms with E-state index in [-0.39, 0.29) is 24.8 Å². The fourth-order valence-electron chi connectivity index (χ4n) is 3.83. The molecule has 0 saturated heterocycles. The van der Waals surface area contributed by atoms with Crippen LogP contribution in [-0.4, -0.2) is 49.5 Å². The number of sulfonamides is 1. The standard InChI is InChI=1S/C28H41N3O4S/c1-20-11-14-24(15-12-20)19-30(23(4)27(33)29-28(5,6)7)26(32)10-9-17-31(36(8,34)35)25-16-13-21(2)22(3)18-25/h11-16,18,23H,9-10,17,19H2,1-8H3,(H,29,33)/t23-/m1/s1. The summed E-state index contributed by atoms with van der Waals surface area (Å²) in [6.07, 6.45) is 1.62. The van der Waals surface area contributed by atoms with Crippen LogP contribution in [0.4, 0.5) is 5.69 Å². The van der Waals surface area contributed by atoms with Gasteiger partial charge in [0.25, 0.3) is 0 Å². The largest absolute Gasteiger partial charge is 0.350 e. The van der Waals surface area contributed by atoms with Gasteiger partial charge < -0.3 is 10.2 Å². The number of nitrogens with one attached hydrogen (secondary N) is 1. The van der Waals surface area contributed by atoms with Crippen molar-refractivity contribution in [1.82, 2.24) is 10.2 Å². The number of anilines is 1. The predicted octanol–water partition coefficient (Wildman–Crippen LogP) is 4.49. The summed E-state index contributed by atoms with van der Waals surface area (Å²) in [6.45, 7) is 13.8. The SMILES string of the molecule is Cc1ccc(CN(C(=O)CCCN(c2ccc(C)c(C)c2)S(C)(=O)=O)[C@H](C)C(=O)NC(C)(C)C)cc1. The Hall–Kier alpha value is -2.87. The molecule has 1 N–H and O–H groups in total. The van der Waals surface area contributed by atoms with Gasteiger partial charge >= 0.3 is 0 Å². The van der Waals surface area contributed by atoms with E-state index in [4.69, 9.17) is 0 Å². The van der Waals surface area contributed by atoms with E-state index in [1.807, 2.05) is 77.9 Å². The van der Waals surface area contributed by atoms with Crippen LogP contribution in [0.25, 0.3) is 0 Å². The average Bonchev–Trinajstić information content (AvgIpc) is 2.75. The number of hydrogen-bond acceptors (Lipinski definition) is 4. The Labute approximate surface area is 216 Å². The predicted molar refractivity (Wildman–Crippen MR) is 146 cm³/mol. The molecule has 0 radical (unpaired) electrons. The molecule has 2 rings (SSSR count). The van der Waals surface area contributed by atoms with Crippen molar-refractivity contribution >= 4 is 27.5 Å². The lowest BCUT2D eigenvalue weighted by Crippen LogP contribution is -2.52. The molecule has 0 aliphatic heterocycles. The lowest BCUT2D eigenvalue weighted by atomic mass is 10.1. The Balaban J connectivity index is 2.20. The van der Waals surface area contributed by atoms with Crippen LogP contribution in [0.15, 0.2) is 42.5 Å². The van der Waals surface area contributed by atoms with E-state index in [1.54, 1.807) is 17.9 Å². The zero-order valence-corrected chi connectivity index (χ0v) is 23.7. The van der Waals surface area contributed by atoms with E-state index in [9.17, 15) is 18.0 Å². The van der Waals surface area contributed by atoms with Gasteiger partial charge in [-0.05, 0) is 83.7 Å². The van der Waals surface area contributed by atoms with E-state index in [1.165, 1.54) is 10.6 Å². The zero-order chi connectivity index (χ0) is 27.3. The first-order valence-electron chi connectivity index (χ1n) is 12.3. The summed E-state index contributed by atoms with van der Waals surface area (Å²) in [4.78, 5) is 27.9. The number of carbonyl (C=O) groups is 2. The molecule has 0 aliphatic carbocycles. The van der Waals surface area contributed by atoms with Crippen molar-refractivity contribution in [3.05, 3.63) is 64.7 Å². The number of benzene rings is 2. The summed E-state index contributed by atoms with van der Waals surface area (Å²) in [7, 11) is -3.52. The monoisotopic (exact) mass is 515 g/mol. The number of rotatable bonds is 10. The summed E-state index contributed by atoms with van der Waals surface area (Å²) >= 11 is 0. The van der Waals surface area contributed by atoms with Crippen molar-refractivity contribution in [1.29, 1.82) is 0 Å². The summed E-state index contributed by atoms with van der Waals surface area (Å²) < 4.78 is 26.4. The quantitative estimate of drug-likeness (QED) is 0.505. The molecule has 0 heterocycles. The second kappa shape index (κ2) is 11.9. The van der Waals surface area contributed by atoms with Gasteiger partial charge in [0.05, 0.1) is 11.9 Å². The number of hydrogen-bond donors (Lipinski definition) is 1. The maximum Gasteiger partial charge on any atom is 0.242 e. The molecule has 0 aromatic heterocycles. The van der Waals surface area contributed by atoms with Crippen LogP contribution in [0.5, 0.6) is 0 Å². The number of nitrogens with zero attached hydrogens (tertiary/aromatic N) is 2. The highest BCUT2D eigenvalue weighted by atomic mass is 32.2. The van der Waals surface area contributed by atoms with Gasteiger partial charge in [0.1, 0.15) is 6.04 Å². The molecule has 7 nitrogen and oxygen atoms in total. The van der Waals surface area contributed by atoms with Crippen LogP contribution in [0.2, 0.25) is 0 Å². The highest BCUT2D eigenvalue weighted by Gasteiger charge is 2.28. The number of carbonyl (C=O) groups excluding carboxylic acids is 2. The molecule has 2 amide bonds. The third kappa shape index (κ3) is 8.66. The Bertz CT molecular complexity index is 1170. The van der Waals surface area contributed by atoms with Crippen molar-refractivity contribution in [3.8, 4) is 0 Å². The smallest absolute Gasteiger partial charge is 0.242 e. The van der Waals surface area contributed by atoms with Gasteiger partial charge in [-0.3, -0.25) is 13.9 Å². The van der Waals surface area contributed by atoms with Crippen molar-refractivity contribution in [2.75, 3.05) is 17.1 Å². The maximum absolute atomic E-state index is 13.4. The molecule has 0 spiro atoms. The first-order valence-corrected chi connectivity index (χ1v) is 14.2. The highest BCUT2D eigenvalue weighted by molar-refractivity contribution is 7.92. The number of aryl methyl sites for hydroxylation is 3. The fourth-order valence-corrected chi connectivity index (χ4v) is 4.79. The Morgan fingerprint density at radius 1 is 0.972 bits per heavy atom. The maximum atomic E-state index is 13.4. The number of amides is 2. The lowest BCUT2D eigenvalue weighted by Gasteiger charge is -2.32. The molecule has 2 aromatic rings. The van der Waals surface area contributed by atoms with Gasteiger partial charge in [0, 0.05) is 25.0 Å². The summed E-state index contributed by atoms with van der Waals surface area (Å²) in [5.74, 6) is -0.420. The second-order valence-corrected chi connectivity index (χ2v) is 12.5. The summed E-state index contributed by atoms with van der Waals surface area (Å²) in [5.41, 5.74) is 4.28. The van der Waals surface area contributed by atoms with Gasteiger partial charge in [-0.1, -0.05) is 35.9 Å². The Morgan fingerprint density at radius 3 is 2.11 bits per heavy atom. The zero-order valence-electron chi connectivity index (χ0n) is 22.9. The van der Waals surface area contributed by atoms with Crippen molar-refractivity contribution in [2.24, 2.45) is 0 Å². The van der Waals surface area contributed by atoms with Crippen molar-refractivity contribution < 1.29 is 18.0 Å². The van der Waals surface area contributed by atoms with Crippen LogP contribution in [0.3, 0.4) is 0 Å². The molecule has 2 aromatic carbocycles. The Morgan fingerprint density at radius 2 is 1.58 bits per heavy atom. The van der Waals surface area contributed by atoms with Gasteiger partial charge in [-0.2, -0.15) is 0 Å². The first kappa shape index (κ1) is 29.4. The third-order valence-corrected chi connectivity index (χ3v) is 7.26. The molecular formula is C28H41N3O4S. The van der Waals surface area contributed by atoms with E-state index in [0.29, 0.717) is 18.7 Å². The third-order valence-electron chi connectivity index (χ3n) is 6.07. The minimum atomic E-state index is -3.52. The van der Waals surface area contributed by atoms with Crippen LogP contribution in [0.1, 0.15) is 62.8 Å². The Kier molecular flexibility index (Phi) is 9.71. The molecule has 0 fully saturated rings. The molecule has 1 atom stereocenters. The van der Waals surface area contributed by atoms with Crippen LogP contribution < -0.4 is 9.62 Å². The molecule has 198 valence electrons. The lowest BCUT2D eigenvalue weighted by molar-refractivity contribution is -0.141. The minimum absolute atomic E-state index is 0.121. The highest BCUT2D eigenvalue weighted by Crippen LogP contribution is 2.22. The molecule has 0 saturated carbocycles. The van der Waals surface area contributed by atoms with Crippen molar-refractivity contribution in [2.45, 2.75) is 79.4 Å². The molecule has 0 aliphatic rings. The first-order chi connectivity index (χ1) is 16.6. The van der Waals surface area contributed by atoms with Crippen molar-refractivity contribution in [3.63, 3.8) is 0 Å².